The normalized spacial score (nSPS) is 12.1. The molecule has 0 saturated heterocycles. The zero-order valence-electron chi connectivity index (χ0n) is 10.7. The first-order valence-electron chi connectivity index (χ1n) is 5.91. The van der Waals surface area contributed by atoms with E-state index in [1.165, 1.54) is 18.7 Å². The first-order chi connectivity index (χ1) is 9.58. The molecule has 104 valence electrons. The number of rotatable bonds is 5. The number of thioether (sulfide) groups is 1. The second-order valence-corrected chi connectivity index (χ2v) is 5.19. The molecule has 0 radical (unpaired) electrons. The molecule has 0 aliphatic carbocycles. The van der Waals surface area contributed by atoms with Crippen molar-refractivity contribution in [2.24, 2.45) is 0 Å². The molecule has 1 heterocycles. The van der Waals surface area contributed by atoms with E-state index in [4.69, 9.17) is 5.11 Å². The van der Waals surface area contributed by atoms with E-state index in [1.807, 2.05) is 24.3 Å². The maximum Gasteiger partial charge on any atom is 0.327 e. The van der Waals surface area contributed by atoms with E-state index < -0.39 is 12.0 Å². The van der Waals surface area contributed by atoms with Crippen LogP contribution in [0.2, 0.25) is 0 Å². The van der Waals surface area contributed by atoms with Gasteiger partial charge in [0.2, 0.25) is 5.91 Å². The van der Waals surface area contributed by atoms with Gasteiger partial charge in [-0.25, -0.2) is 4.79 Å². The van der Waals surface area contributed by atoms with Crippen LogP contribution >= 0.6 is 11.8 Å². The second kappa shape index (κ2) is 6.33. The lowest BCUT2D eigenvalue weighted by Crippen LogP contribution is -2.41. The standard InChI is InChI=1S/C13H13N3O3S/c1-8(17)15-11(13(18)19)7-20-12-6-14-16-10-5-3-2-4-9(10)12/h2-6,11H,7H2,1H3,(H,15,17)(H,18,19). The Labute approximate surface area is 119 Å². The summed E-state index contributed by atoms with van der Waals surface area (Å²) in [5.74, 6) is -1.19. The van der Waals surface area contributed by atoms with E-state index in [9.17, 15) is 9.59 Å². The number of nitrogens with zero attached hydrogens (tertiary/aromatic N) is 2. The van der Waals surface area contributed by atoms with E-state index in [-0.39, 0.29) is 11.7 Å². The molecule has 1 unspecified atom stereocenters. The summed E-state index contributed by atoms with van der Waals surface area (Å²) >= 11 is 1.33. The van der Waals surface area contributed by atoms with Gasteiger partial charge in [0.05, 0.1) is 11.7 Å². The van der Waals surface area contributed by atoms with Crippen LogP contribution in [0.25, 0.3) is 10.9 Å². The minimum absolute atomic E-state index is 0.227. The van der Waals surface area contributed by atoms with Gasteiger partial charge in [-0.1, -0.05) is 18.2 Å². The Bertz CT molecular complexity index is 642. The third kappa shape index (κ3) is 3.45. The van der Waals surface area contributed by atoms with Crippen molar-refractivity contribution in [2.75, 3.05) is 5.75 Å². The summed E-state index contributed by atoms with van der Waals surface area (Å²) in [6.45, 7) is 1.30. The fourth-order valence-corrected chi connectivity index (χ4v) is 2.71. The molecule has 0 saturated carbocycles. The van der Waals surface area contributed by atoms with Crippen molar-refractivity contribution in [3.05, 3.63) is 30.5 Å². The Morgan fingerprint density at radius 2 is 2.15 bits per heavy atom. The molecule has 6 nitrogen and oxygen atoms in total. The highest BCUT2D eigenvalue weighted by Gasteiger charge is 2.19. The number of nitrogens with one attached hydrogen (secondary N) is 1. The predicted octanol–water partition coefficient (Wildman–Crippen LogP) is 1.31. The average Bonchev–Trinajstić information content (AvgIpc) is 2.42. The molecule has 2 N–H and O–H groups in total. The van der Waals surface area contributed by atoms with Gasteiger partial charge in [-0.05, 0) is 6.07 Å². The predicted molar refractivity (Wildman–Crippen MR) is 75.5 cm³/mol. The monoisotopic (exact) mass is 291 g/mol. The van der Waals surface area contributed by atoms with Crippen LogP contribution in [0.5, 0.6) is 0 Å². The summed E-state index contributed by atoms with van der Waals surface area (Å²) in [5.41, 5.74) is 0.754. The van der Waals surface area contributed by atoms with Crippen molar-refractivity contribution in [1.29, 1.82) is 0 Å². The average molecular weight is 291 g/mol. The fraction of sp³-hybridized carbons (Fsp3) is 0.231. The summed E-state index contributed by atoms with van der Waals surface area (Å²) in [7, 11) is 0. The number of fused-ring (bicyclic) bond motifs is 1. The van der Waals surface area contributed by atoms with Crippen molar-refractivity contribution >= 4 is 34.5 Å². The van der Waals surface area contributed by atoms with E-state index >= 15 is 0 Å². The highest BCUT2D eigenvalue weighted by molar-refractivity contribution is 7.99. The molecule has 7 heteroatoms. The SMILES string of the molecule is CC(=O)NC(CSc1cnnc2ccccc12)C(=O)O. The Morgan fingerprint density at radius 1 is 1.40 bits per heavy atom. The van der Waals surface area contributed by atoms with Gasteiger partial charge in [0.15, 0.2) is 0 Å². The molecule has 0 spiro atoms. The van der Waals surface area contributed by atoms with Gasteiger partial charge in [-0.2, -0.15) is 10.2 Å². The van der Waals surface area contributed by atoms with Crippen molar-refractivity contribution in [1.82, 2.24) is 15.5 Å². The Balaban J connectivity index is 2.15. The highest BCUT2D eigenvalue weighted by atomic mass is 32.2. The maximum absolute atomic E-state index is 11.1. The molecule has 1 amide bonds. The van der Waals surface area contributed by atoms with Gasteiger partial charge < -0.3 is 10.4 Å². The van der Waals surface area contributed by atoms with Crippen LogP contribution in [0.3, 0.4) is 0 Å². The number of benzene rings is 1. The molecular formula is C13H13N3O3S. The minimum Gasteiger partial charge on any atom is -0.480 e. The lowest BCUT2D eigenvalue weighted by molar-refractivity contribution is -0.140. The van der Waals surface area contributed by atoms with Crippen LogP contribution in [-0.2, 0) is 9.59 Å². The molecular weight excluding hydrogens is 278 g/mol. The Morgan fingerprint density at radius 3 is 2.85 bits per heavy atom. The maximum atomic E-state index is 11.1. The number of hydrogen-bond donors (Lipinski definition) is 2. The Kier molecular flexibility index (Phi) is 4.52. The largest absolute Gasteiger partial charge is 0.480 e. The molecule has 2 rings (SSSR count). The van der Waals surface area contributed by atoms with Crippen LogP contribution in [0, 0.1) is 0 Å². The Hall–Kier alpha value is -2.15. The minimum atomic E-state index is -1.06. The van der Waals surface area contributed by atoms with Gasteiger partial charge in [0.1, 0.15) is 6.04 Å². The molecule has 2 aromatic rings. The number of carboxylic acid groups (broad SMARTS) is 1. The van der Waals surface area contributed by atoms with Crippen LogP contribution < -0.4 is 5.32 Å². The zero-order valence-corrected chi connectivity index (χ0v) is 11.6. The number of hydrogen-bond acceptors (Lipinski definition) is 5. The number of carbonyl (C=O) groups is 2. The topological polar surface area (TPSA) is 92.2 Å². The summed E-state index contributed by atoms with van der Waals surface area (Å²) < 4.78 is 0. The van der Waals surface area contributed by atoms with Gasteiger partial charge in [0, 0.05) is 23.0 Å². The van der Waals surface area contributed by atoms with Crippen LogP contribution in [0.15, 0.2) is 35.4 Å². The van der Waals surface area contributed by atoms with Crippen molar-refractivity contribution in [3.8, 4) is 0 Å². The van der Waals surface area contributed by atoms with E-state index in [1.54, 1.807) is 6.20 Å². The van der Waals surface area contributed by atoms with E-state index in [2.05, 4.69) is 15.5 Å². The first-order valence-corrected chi connectivity index (χ1v) is 6.89. The van der Waals surface area contributed by atoms with Crippen molar-refractivity contribution in [2.45, 2.75) is 17.9 Å². The van der Waals surface area contributed by atoms with Crippen molar-refractivity contribution < 1.29 is 14.7 Å². The summed E-state index contributed by atoms with van der Waals surface area (Å²) in [4.78, 5) is 22.9. The molecule has 1 atom stereocenters. The molecule has 0 bridgehead atoms. The smallest absolute Gasteiger partial charge is 0.327 e. The number of amides is 1. The van der Waals surface area contributed by atoms with Crippen LogP contribution in [0.1, 0.15) is 6.92 Å². The molecule has 20 heavy (non-hydrogen) atoms. The van der Waals surface area contributed by atoms with Crippen LogP contribution in [-0.4, -0.2) is 39.0 Å². The lowest BCUT2D eigenvalue weighted by Gasteiger charge is -2.13. The zero-order chi connectivity index (χ0) is 14.5. The highest BCUT2D eigenvalue weighted by Crippen LogP contribution is 2.25. The van der Waals surface area contributed by atoms with Crippen molar-refractivity contribution in [3.63, 3.8) is 0 Å². The van der Waals surface area contributed by atoms with Gasteiger partial charge in [-0.15, -0.1) is 11.8 Å². The second-order valence-electron chi connectivity index (χ2n) is 4.13. The molecule has 0 aliphatic heterocycles. The van der Waals surface area contributed by atoms with Gasteiger partial charge in [0.25, 0.3) is 0 Å². The fourth-order valence-electron chi connectivity index (χ4n) is 1.69. The molecule has 0 aliphatic rings. The molecule has 0 fully saturated rings. The third-order valence-corrected chi connectivity index (χ3v) is 3.73. The summed E-state index contributed by atoms with van der Waals surface area (Å²) in [6.07, 6.45) is 1.60. The van der Waals surface area contributed by atoms with E-state index in [0.717, 1.165) is 15.8 Å². The number of carboxylic acids is 1. The van der Waals surface area contributed by atoms with E-state index in [0.29, 0.717) is 0 Å². The molecule has 1 aromatic carbocycles. The quantitative estimate of drug-likeness (QED) is 0.807. The summed E-state index contributed by atoms with van der Waals surface area (Å²) in [5, 5.41) is 20.3. The lowest BCUT2D eigenvalue weighted by atomic mass is 10.2. The van der Waals surface area contributed by atoms with Gasteiger partial charge >= 0.3 is 5.97 Å². The number of carbonyl (C=O) groups excluding carboxylic acids is 1. The first kappa shape index (κ1) is 14.3. The van der Waals surface area contributed by atoms with Gasteiger partial charge in [-0.3, -0.25) is 4.79 Å². The molecule has 1 aromatic heterocycles. The van der Waals surface area contributed by atoms with Crippen LogP contribution in [0.4, 0.5) is 0 Å². The number of aromatic nitrogens is 2. The number of aliphatic carboxylic acids is 1. The summed E-state index contributed by atoms with van der Waals surface area (Å²) in [6, 6.07) is 6.57. The third-order valence-electron chi connectivity index (χ3n) is 2.59.